The van der Waals surface area contributed by atoms with Crippen LogP contribution in [0.5, 0.6) is 0 Å². The van der Waals surface area contributed by atoms with Crippen molar-refractivity contribution in [3.63, 3.8) is 0 Å². The predicted molar refractivity (Wildman–Crippen MR) is 118 cm³/mol. The first-order valence-electron chi connectivity index (χ1n) is 9.98. The third-order valence-electron chi connectivity index (χ3n) is 4.84. The molecule has 0 aliphatic heterocycles. The number of benzene rings is 2. The highest BCUT2D eigenvalue weighted by atomic mass is 19.4. The molecule has 0 radical (unpaired) electrons. The molecule has 0 bridgehead atoms. The zero-order valence-electron chi connectivity index (χ0n) is 17.8. The molecule has 8 nitrogen and oxygen atoms in total. The Morgan fingerprint density at radius 3 is 2.53 bits per heavy atom. The zero-order chi connectivity index (χ0) is 24.3. The molecule has 4 rings (SSSR count). The fourth-order valence-electron chi connectivity index (χ4n) is 3.29. The Balaban J connectivity index is 1.58. The number of methoxy groups -OCH3 is 1. The lowest BCUT2D eigenvalue weighted by Gasteiger charge is -2.10. The molecule has 0 saturated heterocycles. The van der Waals surface area contributed by atoms with Crippen LogP contribution in [0.15, 0.2) is 67.0 Å². The van der Waals surface area contributed by atoms with E-state index in [4.69, 9.17) is 4.74 Å². The lowest BCUT2D eigenvalue weighted by molar-refractivity contribution is -0.122. The largest absolute Gasteiger partial charge is 0.465 e. The molecule has 0 spiro atoms. The molecule has 174 valence electrons. The number of carbonyl (C=O) groups excluding carboxylic acids is 2. The third-order valence-corrected chi connectivity index (χ3v) is 4.84. The summed E-state index contributed by atoms with van der Waals surface area (Å²) < 4.78 is 43.2. The van der Waals surface area contributed by atoms with Crippen molar-refractivity contribution in [1.29, 1.82) is 0 Å². The van der Waals surface area contributed by atoms with E-state index >= 15 is 0 Å². The number of hydrogen-bond donors (Lipinski definition) is 2. The van der Waals surface area contributed by atoms with Gasteiger partial charge in [-0.1, -0.05) is 24.3 Å². The van der Waals surface area contributed by atoms with Crippen LogP contribution < -0.4 is 10.6 Å². The normalized spacial score (nSPS) is 11.3. The first-order chi connectivity index (χ1) is 16.2. The summed E-state index contributed by atoms with van der Waals surface area (Å²) in [6.45, 7) is -1.43. The smallest absolute Gasteiger partial charge is 0.405 e. The van der Waals surface area contributed by atoms with E-state index in [1.165, 1.54) is 7.11 Å². The Morgan fingerprint density at radius 2 is 1.76 bits per heavy atom. The summed E-state index contributed by atoms with van der Waals surface area (Å²) in [5.74, 6) is -0.445. The van der Waals surface area contributed by atoms with Crippen molar-refractivity contribution in [2.75, 3.05) is 19.0 Å². The Labute approximate surface area is 191 Å². The number of anilines is 1. The molecule has 11 heteroatoms. The fraction of sp³-hybridized carbons (Fsp3) is 0.130. The predicted octanol–water partition coefficient (Wildman–Crippen LogP) is 4.53. The van der Waals surface area contributed by atoms with Gasteiger partial charge in [-0.25, -0.2) is 19.1 Å². The first-order valence-corrected chi connectivity index (χ1v) is 9.98. The SMILES string of the molecule is COC(=O)c1cccc(-c2cnn3c(-c4cccc(NC(=O)NCC(F)(F)F)c4)cnc3c2)c1. The molecule has 2 N–H and O–H groups in total. The van der Waals surface area contributed by atoms with Gasteiger partial charge in [0.05, 0.1) is 30.8 Å². The number of urea groups is 1. The number of halogens is 3. The van der Waals surface area contributed by atoms with Crippen molar-refractivity contribution < 1.29 is 27.5 Å². The number of fused-ring (bicyclic) bond motifs is 1. The minimum atomic E-state index is -4.50. The number of imidazole rings is 1. The number of aromatic nitrogens is 3. The molecule has 2 heterocycles. The van der Waals surface area contributed by atoms with E-state index in [2.05, 4.69) is 15.4 Å². The van der Waals surface area contributed by atoms with Gasteiger partial charge in [0, 0.05) is 16.8 Å². The van der Waals surface area contributed by atoms with Gasteiger partial charge in [-0.15, -0.1) is 0 Å². The lowest BCUT2D eigenvalue weighted by atomic mass is 10.1. The Hall–Kier alpha value is -4.41. The Kier molecular flexibility index (Phi) is 6.17. The van der Waals surface area contributed by atoms with Crippen LogP contribution in [0.25, 0.3) is 28.0 Å². The van der Waals surface area contributed by atoms with Gasteiger partial charge < -0.3 is 15.4 Å². The highest BCUT2D eigenvalue weighted by molar-refractivity contribution is 5.91. The van der Waals surface area contributed by atoms with E-state index in [-0.39, 0.29) is 0 Å². The number of nitrogens with one attached hydrogen (secondary N) is 2. The first kappa shape index (κ1) is 22.8. The fourth-order valence-corrected chi connectivity index (χ4v) is 3.29. The molecule has 2 aromatic carbocycles. The van der Waals surface area contributed by atoms with Gasteiger partial charge in [0.1, 0.15) is 6.54 Å². The number of hydrogen-bond acceptors (Lipinski definition) is 5. The van der Waals surface area contributed by atoms with Crippen molar-refractivity contribution in [3.05, 3.63) is 72.6 Å². The van der Waals surface area contributed by atoms with Crippen molar-refractivity contribution in [2.45, 2.75) is 6.18 Å². The average Bonchev–Trinajstić information content (AvgIpc) is 3.25. The van der Waals surface area contributed by atoms with Crippen molar-refractivity contribution in [3.8, 4) is 22.4 Å². The van der Waals surface area contributed by atoms with E-state index < -0.39 is 24.7 Å². The summed E-state index contributed by atoms with van der Waals surface area (Å²) in [5.41, 5.74) is 4.03. The minimum absolute atomic E-state index is 0.309. The molecule has 0 unspecified atom stereocenters. The second-order valence-electron chi connectivity index (χ2n) is 7.23. The van der Waals surface area contributed by atoms with Crippen LogP contribution in [-0.2, 0) is 4.74 Å². The van der Waals surface area contributed by atoms with E-state index in [9.17, 15) is 22.8 Å². The maximum absolute atomic E-state index is 12.3. The summed E-state index contributed by atoms with van der Waals surface area (Å²) in [5, 5.41) is 8.58. The van der Waals surface area contributed by atoms with Gasteiger partial charge in [0.25, 0.3) is 0 Å². The quantitative estimate of drug-likeness (QED) is 0.419. The second-order valence-corrected chi connectivity index (χ2v) is 7.23. The second kappa shape index (κ2) is 9.22. The molecule has 0 fully saturated rings. The van der Waals surface area contributed by atoms with Gasteiger partial charge >= 0.3 is 18.2 Å². The molecule has 0 aliphatic rings. The molecular formula is C23H18F3N5O3. The number of amides is 2. The average molecular weight is 469 g/mol. The Bertz CT molecular complexity index is 1370. The standard InChI is InChI=1S/C23H18F3N5O3/c1-34-21(32)16-6-2-4-14(8-16)17-10-20-27-12-19(31(20)29-11-17)15-5-3-7-18(9-15)30-22(33)28-13-23(24,25)26/h2-12H,13H2,1H3,(H2,28,30,33). The van der Waals surface area contributed by atoms with E-state index in [1.807, 2.05) is 6.07 Å². The summed E-state index contributed by atoms with van der Waals surface area (Å²) in [6.07, 6.45) is -1.28. The van der Waals surface area contributed by atoms with Crippen LogP contribution in [0.2, 0.25) is 0 Å². The van der Waals surface area contributed by atoms with Crippen LogP contribution in [0.1, 0.15) is 10.4 Å². The van der Waals surface area contributed by atoms with Gasteiger partial charge in [-0.3, -0.25) is 0 Å². The number of esters is 1. The number of alkyl halides is 3. The van der Waals surface area contributed by atoms with Gasteiger partial charge in [0.15, 0.2) is 5.65 Å². The van der Waals surface area contributed by atoms with Crippen LogP contribution >= 0.6 is 0 Å². The summed E-state index contributed by atoms with van der Waals surface area (Å²) in [7, 11) is 1.31. The number of rotatable bonds is 5. The zero-order valence-corrected chi connectivity index (χ0v) is 17.8. The minimum Gasteiger partial charge on any atom is -0.465 e. The van der Waals surface area contributed by atoms with Crippen LogP contribution in [0.3, 0.4) is 0 Å². The van der Waals surface area contributed by atoms with Gasteiger partial charge in [-0.2, -0.15) is 18.3 Å². The Morgan fingerprint density at radius 1 is 1.00 bits per heavy atom. The highest BCUT2D eigenvalue weighted by Gasteiger charge is 2.27. The van der Waals surface area contributed by atoms with Crippen molar-refractivity contribution >= 4 is 23.3 Å². The summed E-state index contributed by atoms with van der Waals surface area (Å²) in [4.78, 5) is 27.9. The topological polar surface area (TPSA) is 97.6 Å². The molecule has 2 aromatic heterocycles. The molecule has 0 saturated carbocycles. The van der Waals surface area contributed by atoms with Crippen LogP contribution in [0.4, 0.5) is 23.7 Å². The summed E-state index contributed by atoms with van der Waals surface area (Å²) >= 11 is 0. The summed E-state index contributed by atoms with van der Waals surface area (Å²) in [6, 6.07) is 14.3. The third kappa shape index (κ3) is 5.14. The molecule has 0 atom stereocenters. The number of nitrogens with zero attached hydrogens (tertiary/aromatic N) is 3. The highest BCUT2D eigenvalue weighted by Crippen LogP contribution is 2.26. The molecule has 4 aromatic rings. The monoisotopic (exact) mass is 469 g/mol. The number of carbonyl (C=O) groups is 2. The van der Waals surface area contributed by atoms with Crippen LogP contribution in [-0.4, -0.2) is 46.4 Å². The van der Waals surface area contributed by atoms with E-state index in [1.54, 1.807) is 70.8 Å². The lowest BCUT2D eigenvalue weighted by Crippen LogP contribution is -2.36. The molecular weight excluding hydrogens is 451 g/mol. The van der Waals surface area contributed by atoms with Gasteiger partial charge in [-0.05, 0) is 35.9 Å². The van der Waals surface area contributed by atoms with Crippen molar-refractivity contribution in [2.24, 2.45) is 0 Å². The number of ether oxygens (including phenoxy) is 1. The molecule has 0 aliphatic carbocycles. The molecule has 34 heavy (non-hydrogen) atoms. The maximum Gasteiger partial charge on any atom is 0.405 e. The molecule has 2 amide bonds. The van der Waals surface area contributed by atoms with Crippen molar-refractivity contribution in [1.82, 2.24) is 19.9 Å². The van der Waals surface area contributed by atoms with E-state index in [0.717, 1.165) is 11.1 Å². The van der Waals surface area contributed by atoms with Gasteiger partial charge in [0.2, 0.25) is 0 Å². The maximum atomic E-state index is 12.3. The van der Waals surface area contributed by atoms with E-state index in [0.29, 0.717) is 28.2 Å². The van der Waals surface area contributed by atoms with Crippen LogP contribution in [0, 0.1) is 0 Å².